The smallest absolute Gasteiger partial charge is 0.0516 e. The Morgan fingerprint density at radius 1 is 1.12 bits per heavy atom. The van der Waals surface area contributed by atoms with Crippen LogP contribution in [-0.4, -0.2) is 0 Å². The van der Waals surface area contributed by atoms with Gasteiger partial charge in [0.25, 0.3) is 0 Å². The van der Waals surface area contributed by atoms with Gasteiger partial charge < -0.3 is 0 Å². The molecule has 0 aromatic heterocycles. The molecule has 1 aromatic rings. The van der Waals surface area contributed by atoms with Crippen LogP contribution in [0.3, 0.4) is 0 Å². The molecule has 16 heavy (non-hydrogen) atoms. The molecule has 1 aliphatic rings. The number of nitrogens with two attached hydrogens (primary N) is 1. The van der Waals surface area contributed by atoms with Crippen molar-refractivity contribution in [1.29, 1.82) is 0 Å². The van der Waals surface area contributed by atoms with Crippen LogP contribution in [0.25, 0.3) is 0 Å². The molecule has 2 nitrogen and oxygen atoms in total. The molecule has 88 valence electrons. The number of aryl methyl sites for hydroxylation is 3. The number of benzene rings is 1. The van der Waals surface area contributed by atoms with Crippen LogP contribution in [0.15, 0.2) is 12.1 Å². The Morgan fingerprint density at radius 2 is 1.69 bits per heavy atom. The van der Waals surface area contributed by atoms with E-state index in [1.54, 1.807) is 0 Å². The predicted octanol–water partition coefficient (Wildman–Crippen LogP) is 2.92. The van der Waals surface area contributed by atoms with Crippen molar-refractivity contribution < 1.29 is 0 Å². The third-order valence-corrected chi connectivity index (χ3v) is 4.10. The number of hydrogen-bond donors (Lipinski definition) is 2. The molecule has 1 unspecified atom stereocenters. The van der Waals surface area contributed by atoms with Crippen LogP contribution in [-0.2, 0) is 0 Å². The largest absolute Gasteiger partial charge is 0.271 e. The highest BCUT2D eigenvalue weighted by molar-refractivity contribution is 5.39. The summed E-state index contributed by atoms with van der Waals surface area (Å²) < 4.78 is 0. The van der Waals surface area contributed by atoms with Gasteiger partial charge in [-0.2, -0.15) is 0 Å². The molecule has 1 aliphatic carbocycles. The van der Waals surface area contributed by atoms with Crippen molar-refractivity contribution >= 4 is 0 Å². The first-order chi connectivity index (χ1) is 7.48. The molecule has 3 N–H and O–H groups in total. The van der Waals surface area contributed by atoms with Crippen LogP contribution < -0.4 is 11.3 Å². The minimum absolute atomic E-state index is 0.298. The molecule has 2 heteroatoms. The van der Waals surface area contributed by atoms with Crippen molar-refractivity contribution in [2.24, 2.45) is 11.3 Å². The molecule has 0 bridgehead atoms. The first kappa shape index (κ1) is 11.6. The van der Waals surface area contributed by atoms with Gasteiger partial charge in [0.1, 0.15) is 0 Å². The van der Waals surface area contributed by atoms with E-state index < -0.39 is 0 Å². The van der Waals surface area contributed by atoms with Crippen LogP contribution in [0.1, 0.15) is 48.1 Å². The minimum atomic E-state index is 0.298. The lowest BCUT2D eigenvalue weighted by Crippen LogP contribution is -2.34. The maximum Gasteiger partial charge on any atom is 0.0516 e. The number of rotatable bonds is 3. The van der Waals surface area contributed by atoms with E-state index >= 15 is 0 Å². The van der Waals surface area contributed by atoms with Gasteiger partial charge in [-0.25, -0.2) is 0 Å². The van der Waals surface area contributed by atoms with Crippen molar-refractivity contribution in [2.75, 3.05) is 0 Å². The molecule has 1 atom stereocenters. The molecule has 2 rings (SSSR count). The molecule has 0 heterocycles. The molecule has 1 saturated carbocycles. The highest BCUT2D eigenvalue weighted by Crippen LogP contribution is 2.54. The maximum absolute atomic E-state index is 5.74. The lowest BCUT2D eigenvalue weighted by atomic mass is 9.87. The lowest BCUT2D eigenvalue weighted by molar-refractivity contribution is 0.371. The molecule has 0 saturated heterocycles. The van der Waals surface area contributed by atoms with Crippen LogP contribution in [0.2, 0.25) is 0 Å². The zero-order valence-electron chi connectivity index (χ0n) is 10.7. The molecule has 0 spiro atoms. The average molecular weight is 218 g/mol. The van der Waals surface area contributed by atoms with E-state index in [-0.39, 0.29) is 0 Å². The SMILES string of the molecule is Cc1cc(C)c(C(NN)C2(C)CC2)cc1C. The zero-order chi connectivity index (χ0) is 11.9. The van der Waals surface area contributed by atoms with Crippen LogP contribution in [0, 0.1) is 26.2 Å². The second-order valence-electron chi connectivity index (χ2n) is 5.55. The van der Waals surface area contributed by atoms with Gasteiger partial charge in [0.05, 0.1) is 6.04 Å². The van der Waals surface area contributed by atoms with Crippen LogP contribution in [0.4, 0.5) is 0 Å². The number of nitrogens with one attached hydrogen (secondary N) is 1. The zero-order valence-corrected chi connectivity index (χ0v) is 10.7. The van der Waals surface area contributed by atoms with E-state index in [9.17, 15) is 0 Å². The van der Waals surface area contributed by atoms with E-state index in [2.05, 4.69) is 45.3 Å². The molecular formula is C14H22N2. The summed E-state index contributed by atoms with van der Waals surface area (Å²) in [6, 6.07) is 4.85. The molecular weight excluding hydrogens is 196 g/mol. The molecule has 1 fully saturated rings. The third kappa shape index (κ3) is 1.87. The van der Waals surface area contributed by atoms with Gasteiger partial charge in [0, 0.05) is 0 Å². The Bertz CT molecular complexity index is 405. The van der Waals surface area contributed by atoms with Gasteiger partial charge in [-0.15, -0.1) is 0 Å². The van der Waals surface area contributed by atoms with Gasteiger partial charge in [0.2, 0.25) is 0 Å². The first-order valence-corrected chi connectivity index (χ1v) is 6.02. The van der Waals surface area contributed by atoms with Gasteiger partial charge in [0.15, 0.2) is 0 Å². The van der Waals surface area contributed by atoms with Gasteiger partial charge in [-0.1, -0.05) is 19.1 Å². The van der Waals surface area contributed by atoms with Crippen molar-refractivity contribution in [1.82, 2.24) is 5.43 Å². The fraction of sp³-hybridized carbons (Fsp3) is 0.571. The van der Waals surface area contributed by atoms with Crippen LogP contribution >= 0.6 is 0 Å². The lowest BCUT2D eigenvalue weighted by Gasteiger charge is -2.25. The fourth-order valence-corrected chi connectivity index (χ4v) is 2.45. The van der Waals surface area contributed by atoms with Crippen molar-refractivity contribution in [3.05, 3.63) is 34.4 Å². The Labute approximate surface area is 98.2 Å². The Hall–Kier alpha value is -0.860. The minimum Gasteiger partial charge on any atom is -0.271 e. The highest BCUT2D eigenvalue weighted by atomic mass is 15.2. The van der Waals surface area contributed by atoms with Crippen molar-refractivity contribution in [3.8, 4) is 0 Å². The van der Waals surface area contributed by atoms with E-state index in [0.717, 1.165) is 0 Å². The monoisotopic (exact) mass is 218 g/mol. The number of hydrogen-bond acceptors (Lipinski definition) is 2. The molecule has 0 amide bonds. The molecule has 0 aliphatic heterocycles. The Balaban J connectivity index is 2.42. The summed E-state index contributed by atoms with van der Waals surface area (Å²) >= 11 is 0. The summed E-state index contributed by atoms with van der Waals surface area (Å²) in [4.78, 5) is 0. The predicted molar refractivity (Wildman–Crippen MR) is 68.1 cm³/mol. The van der Waals surface area contributed by atoms with E-state index in [4.69, 9.17) is 5.84 Å². The van der Waals surface area contributed by atoms with Gasteiger partial charge >= 0.3 is 0 Å². The van der Waals surface area contributed by atoms with Crippen LogP contribution in [0.5, 0.6) is 0 Å². The molecule has 1 aromatic carbocycles. The molecule has 0 radical (unpaired) electrons. The topological polar surface area (TPSA) is 38.0 Å². The van der Waals surface area contributed by atoms with Gasteiger partial charge in [-0.05, 0) is 61.3 Å². The highest BCUT2D eigenvalue weighted by Gasteiger charge is 2.45. The summed E-state index contributed by atoms with van der Waals surface area (Å²) in [7, 11) is 0. The second kappa shape index (κ2) is 3.86. The summed E-state index contributed by atoms with van der Waals surface area (Å²) in [6.45, 7) is 8.82. The summed E-state index contributed by atoms with van der Waals surface area (Å²) in [5.41, 5.74) is 8.79. The van der Waals surface area contributed by atoms with Gasteiger partial charge in [-0.3, -0.25) is 11.3 Å². The first-order valence-electron chi connectivity index (χ1n) is 6.02. The Morgan fingerprint density at radius 3 is 2.19 bits per heavy atom. The summed E-state index contributed by atoms with van der Waals surface area (Å²) in [5, 5.41) is 0. The Kier molecular flexibility index (Phi) is 2.81. The quantitative estimate of drug-likeness (QED) is 0.604. The maximum atomic E-state index is 5.74. The van der Waals surface area contributed by atoms with E-state index in [1.165, 1.54) is 35.1 Å². The van der Waals surface area contributed by atoms with Crippen molar-refractivity contribution in [2.45, 2.75) is 46.6 Å². The van der Waals surface area contributed by atoms with Crippen molar-refractivity contribution in [3.63, 3.8) is 0 Å². The normalized spacial score (nSPS) is 19.6. The average Bonchev–Trinajstić information content (AvgIpc) is 2.94. The summed E-state index contributed by atoms with van der Waals surface area (Å²) in [5.74, 6) is 5.74. The fourth-order valence-electron chi connectivity index (χ4n) is 2.45. The third-order valence-electron chi connectivity index (χ3n) is 4.10. The standard InChI is InChI=1S/C14H22N2/c1-9-7-11(3)12(8-10(9)2)13(16-15)14(4)5-6-14/h7-8,13,16H,5-6,15H2,1-4H3. The van der Waals surface area contributed by atoms with E-state index in [0.29, 0.717) is 11.5 Å². The second-order valence-corrected chi connectivity index (χ2v) is 5.55. The van der Waals surface area contributed by atoms with E-state index in [1.807, 2.05) is 0 Å². The summed E-state index contributed by atoms with van der Waals surface area (Å²) in [6.07, 6.45) is 2.54. The number of hydrazine groups is 1.